The fourth-order valence-corrected chi connectivity index (χ4v) is 2.17. The van der Waals surface area contributed by atoms with E-state index in [-0.39, 0.29) is 12.8 Å². The molecule has 1 aromatic carbocycles. The first-order chi connectivity index (χ1) is 7.45. The Morgan fingerprint density at radius 2 is 2.12 bits per heavy atom. The molecule has 0 aliphatic heterocycles. The van der Waals surface area contributed by atoms with Crippen LogP contribution in [0.2, 0.25) is 0 Å². The van der Waals surface area contributed by atoms with Gasteiger partial charge in [-0.1, -0.05) is 12.1 Å². The van der Waals surface area contributed by atoms with Crippen LogP contribution in [0, 0.1) is 12.7 Å². The smallest absolute Gasteiger partial charge is 0.314 e. The van der Waals surface area contributed by atoms with Crippen LogP contribution < -0.4 is 0 Å². The summed E-state index contributed by atoms with van der Waals surface area (Å²) in [5, 5.41) is 18.4. The molecule has 4 heteroatoms. The molecule has 0 bridgehead atoms. The zero-order valence-corrected chi connectivity index (χ0v) is 8.90. The maximum Gasteiger partial charge on any atom is 0.314 e. The van der Waals surface area contributed by atoms with Crippen LogP contribution in [0.15, 0.2) is 18.2 Å². The predicted octanol–water partition coefficient (Wildman–Crippen LogP) is 1.61. The van der Waals surface area contributed by atoms with Gasteiger partial charge in [-0.3, -0.25) is 4.79 Å². The van der Waals surface area contributed by atoms with E-state index in [1.807, 2.05) is 0 Å². The molecule has 16 heavy (non-hydrogen) atoms. The first-order valence-electron chi connectivity index (χ1n) is 5.14. The summed E-state index contributed by atoms with van der Waals surface area (Å²) in [6.07, 6.45) is -0.282. The lowest BCUT2D eigenvalue weighted by Crippen LogP contribution is -2.50. The number of aliphatic hydroxyl groups excluding tert-OH is 1. The van der Waals surface area contributed by atoms with E-state index >= 15 is 0 Å². The average Bonchev–Trinajstić information content (AvgIpc) is 2.17. The minimum absolute atomic E-state index is 0.158. The van der Waals surface area contributed by atoms with Gasteiger partial charge in [-0.2, -0.15) is 0 Å². The molecule has 0 aromatic heterocycles. The Labute approximate surface area is 92.5 Å². The largest absolute Gasteiger partial charge is 0.481 e. The molecular weight excluding hydrogens is 211 g/mol. The van der Waals surface area contributed by atoms with E-state index < -0.39 is 23.3 Å². The van der Waals surface area contributed by atoms with Gasteiger partial charge in [0.25, 0.3) is 0 Å². The van der Waals surface area contributed by atoms with Crippen molar-refractivity contribution in [2.24, 2.45) is 0 Å². The maximum absolute atomic E-state index is 13.4. The molecule has 0 saturated heterocycles. The van der Waals surface area contributed by atoms with E-state index in [1.54, 1.807) is 19.1 Å². The topological polar surface area (TPSA) is 57.5 Å². The van der Waals surface area contributed by atoms with Crippen LogP contribution in [-0.2, 0) is 10.2 Å². The van der Waals surface area contributed by atoms with Crippen molar-refractivity contribution in [1.82, 2.24) is 0 Å². The summed E-state index contributed by atoms with van der Waals surface area (Å²) >= 11 is 0. The monoisotopic (exact) mass is 224 g/mol. The summed E-state index contributed by atoms with van der Waals surface area (Å²) in [7, 11) is 0. The molecule has 3 nitrogen and oxygen atoms in total. The second kappa shape index (κ2) is 3.56. The van der Waals surface area contributed by atoms with Gasteiger partial charge in [0.05, 0.1) is 11.5 Å². The summed E-state index contributed by atoms with van der Waals surface area (Å²) in [5.74, 6) is -1.40. The van der Waals surface area contributed by atoms with Crippen molar-refractivity contribution < 1.29 is 19.4 Å². The first-order valence-corrected chi connectivity index (χ1v) is 5.14. The third-order valence-electron chi connectivity index (χ3n) is 3.30. The SMILES string of the molecule is Cc1ccc(C2(C(=O)O)CC(O)C2)cc1F. The fourth-order valence-electron chi connectivity index (χ4n) is 2.17. The predicted molar refractivity (Wildman–Crippen MR) is 55.7 cm³/mol. The quantitative estimate of drug-likeness (QED) is 0.802. The second-order valence-corrected chi connectivity index (χ2v) is 4.41. The third kappa shape index (κ3) is 1.50. The highest BCUT2D eigenvalue weighted by atomic mass is 19.1. The zero-order chi connectivity index (χ0) is 11.9. The van der Waals surface area contributed by atoms with Crippen LogP contribution in [0.25, 0.3) is 0 Å². The van der Waals surface area contributed by atoms with Crippen molar-refractivity contribution in [2.45, 2.75) is 31.3 Å². The number of carboxylic acid groups (broad SMARTS) is 1. The molecule has 0 unspecified atom stereocenters. The van der Waals surface area contributed by atoms with Gasteiger partial charge in [-0.15, -0.1) is 0 Å². The van der Waals surface area contributed by atoms with Crippen LogP contribution in [0.4, 0.5) is 4.39 Å². The Hall–Kier alpha value is -1.42. The number of carboxylic acids is 1. The van der Waals surface area contributed by atoms with Crippen LogP contribution in [-0.4, -0.2) is 22.3 Å². The Bertz CT molecular complexity index is 436. The molecule has 2 N–H and O–H groups in total. The summed E-state index contributed by atoms with van der Waals surface area (Å²) in [6, 6.07) is 4.45. The number of hydrogen-bond acceptors (Lipinski definition) is 2. The highest BCUT2D eigenvalue weighted by Crippen LogP contribution is 2.44. The van der Waals surface area contributed by atoms with Gasteiger partial charge in [0.2, 0.25) is 0 Å². The van der Waals surface area contributed by atoms with Crippen molar-refractivity contribution in [2.75, 3.05) is 0 Å². The minimum Gasteiger partial charge on any atom is -0.481 e. The molecule has 1 fully saturated rings. The van der Waals surface area contributed by atoms with Gasteiger partial charge in [0, 0.05) is 0 Å². The number of aliphatic carboxylic acids is 1. The lowest BCUT2D eigenvalue weighted by atomic mass is 9.62. The van der Waals surface area contributed by atoms with Crippen LogP contribution in [0.1, 0.15) is 24.0 Å². The molecular formula is C12H13FO3. The normalized spacial score (nSPS) is 28.6. The molecule has 0 atom stereocenters. The van der Waals surface area contributed by atoms with Gasteiger partial charge < -0.3 is 10.2 Å². The Morgan fingerprint density at radius 1 is 1.50 bits per heavy atom. The number of rotatable bonds is 2. The molecule has 86 valence electrons. The van der Waals surface area contributed by atoms with Gasteiger partial charge in [0.1, 0.15) is 5.82 Å². The lowest BCUT2D eigenvalue weighted by molar-refractivity contribution is -0.152. The number of carbonyl (C=O) groups is 1. The van der Waals surface area contributed by atoms with Gasteiger partial charge in [-0.05, 0) is 37.0 Å². The van der Waals surface area contributed by atoms with Crippen LogP contribution in [0.3, 0.4) is 0 Å². The van der Waals surface area contributed by atoms with Crippen molar-refractivity contribution >= 4 is 5.97 Å². The second-order valence-electron chi connectivity index (χ2n) is 4.41. The number of halogens is 1. The molecule has 0 radical (unpaired) electrons. The molecule has 1 aromatic rings. The third-order valence-corrected chi connectivity index (χ3v) is 3.30. The standard InChI is InChI=1S/C12H13FO3/c1-7-2-3-8(4-10(7)13)12(11(15)16)5-9(14)6-12/h2-4,9,14H,5-6H2,1H3,(H,15,16). The van der Waals surface area contributed by atoms with Crippen molar-refractivity contribution in [1.29, 1.82) is 0 Å². The summed E-state index contributed by atoms with van der Waals surface area (Å²) < 4.78 is 13.4. The Morgan fingerprint density at radius 3 is 2.56 bits per heavy atom. The molecule has 0 heterocycles. The molecule has 1 aliphatic rings. The van der Waals surface area contributed by atoms with Crippen molar-refractivity contribution in [3.8, 4) is 0 Å². The number of aliphatic hydroxyl groups is 1. The zero-order valence-electron chi connectivity index (χ0n) is 8.90. The van der Waals surface area contributed by atoms with E-state index in [0.717, 1.165) is 0 Å². The van der Waals surface area contributed by atoms with Gasteiger partial charge in [-0.25, -0.2) is 4.39 Å². The van der Waals surface area contributed by atoms with Crippen LogP contribution >= 0.6 is 0 Å². The summed E-state index contributed by atoms with van der Waals surface area (Å²) in [5.41, 5.74) is -0.175. The van der Waals surface area contributed by atoms with Crippen LogP contribution in [0.5, 0.6) is 0 Å². The van der Waals surface area contributed by atoms with E-state index in [2.05, 4.69) is 0 Å². The van der Waals surface area contributed by atoms with E-state index in [4.69, 9.17) is 0 Å². The Balaban J connectivity index is 2.41. The van der Waals surface area contributed by atoms with Gasteiger partial charge >= 0.3 is 5.97 Å². The van der Waals surface area contributed by atoms with Gasteiger partial charge in [0.15, 0.2) is 0 Å². The average molecular weight is 224 g/mol. The van der Waals surface area contributed by atoms with Crippen molar-refractivity contribution in [3.63, 3.8) is 0 Å². The fraction of sp³-hybridized carbons (Fsp3) is 0.417. The molecule has 2 rings (SSSR count). The summed E-state index contributed by atoms with van der Waals surface area (Å²) in [6.45, 7) is 1.63. The molecule has 0 spiro atoms. The number of aryl methyl sites for hydroxylation is 1. The highest BCUT2D eigenvalue weighted by molar-refractivity contribution is 5.83. The maximum atomic E-state index is 13.4. The number of hydrogen-bond donors (Lipinski definition) is 2. The molecule has 1 saturated carbocycles. The molecule has 1 aliphatic carbocycles. The van der Waals surface area contributed by atoms with Crippen molar-refractivity contribution in [3.05, 3.63) is 35.1 Å². The van der Waals surface area contributed by atoms with E-state index in [1.165, 1.54) is 6.07 Å². The highest BCUT2D eigenvalue weighted by Gasteiger charge is 2.51. The minimum atomic E-state index is -1.10. The molecule has 0 amide bonds. The number of benzene rings is 1. The van der Waals surface area contributed by atoms with E-state index in [9.17, 15) is 19.4 Å². The lowest BCUT2D eigenvalue weighted by Gasteiger charge is -2.42. The van der Waals surface area contributed by atoms with E-state index in [0.29, 0.717) is 11.1 Å². The Kier molecular flexibility index (Phi) is 2.46. The summed E-state index contributed by atoms with van der Waals surface area (Å²) in [4.78, 5) is 11.2. The first kappa shape index (κ1) is 11.1.